The van der Waals surface area contributed by atoms with E-state index >= 15 is 0 Å². The molecule has 7 nitrogen and oxygen atoms in total. The largest absolute Gasteiger partial charge is 0.272 e. The summed E-state index contributed by atoms with van der Waals surface area (Å²) in [6.45, 7) is -0.0119. The zero-order valence-corrected chi connectivity index (χ0v) is 15.9. The lowest BCUT2D eigenvalue weighted by atomic mass is 10.2. The van der Waals surface area contributed by atoms with Crippen molar-refractivity contribution in [2.45, 2.75) is 11.9 Å². The van der Waals surface area contributed by atoms with Gasteiger partial charge in [0.05, 0.1) is 11.3 Å². The number of carbonyl (C=O) groups is 2. The highest BCUT2D eigenvalue weighted by Crippen LogP contribution is 2.37. The van der Waals surface area contributed by atoms with Crippen LogP contribution in [0.4, 0.5) is 0 Å². The second-order valence-corrected chi connectivity index (χ2v) is 7.73. The fourth-order valence-electron chi connectivity index (χ4n) is 2.76. The van der Waals surface area contributed by atoms with Crippen molar-refractivity contribution in [1.82, 2.24) is 25.4 Å². The van der Waals surface area contributed by atoms with Crippen molar-refractivity contribution in [2.75, 3.05) is 5.75 Å². The van der Waals surface area contributed by atoms with Gasteiger partial charge in [0, 0.05) is 4.47 Å². The van der Waals surface area contributed by atoms with Gasteiger partial charge in [0.1, 0.15) is 17.4 Å². The summed E-state index contributed by atoms with van der Waals surface area (Å²) in [5.74, 6) is -0.119. The predicted octanol–water partition coefficient (Wildman–Crippen LogP) is 2.50. The third-order valence-electron chi connectivity index (χ3n) is 3.98. The molecule has 1 atom stereocenters. The molecule has 1 aliphatic heterocycles. The number of hydrogen-bond donors (Lipinski definition) is 1. The Morgan fingerprint density at radius 3 is 2.81 bits per heavy atom. The van der Waals surface area contributed by atoms with Crippen LogP contribution < -0.4 is 5.43 Å². The quantitative estimate of drug-likeness (QED) is 0.686. The maximum atomic E-state index is 12.5. The minimum absolute atomic E-state index is 0.0119. The van der Waals surface area contributed by atoms with Crippen molar-refractivity contribution < 1.29 is 9.59 Å². The van der Waals surface area contributed by atoms with E-state index in [1.54, 1.807) is 0 Å². The Balaban J connectivity index is 1.50. The number of aromatic nitrogens is 3. The number of hydrogen-bond acceptors (Lipinski definition) is 5. The summed E-state index contributed by atoms with van der Waals surface area (Å²) in [6, 6.07) is 15.1. The molecule has 1 aromatic heterocycles. The maximum absolute atomic E-state index is 12.5. The first-order valence-electron chi connectivity index (χ1n) is 7.88. The number of hydrazine groups is 1. The minimum Gasteiger partial charge on any atom is -0.272 e. The second kappa shape index (κ2) is 7.08. The van der Waals surface area contributed by atoms with Crippen molar-refractivity contribution in [3.8, 4) is 0 Å². The van der Waals surface area contributed by atoms with Gasteiger partial charge in [-0.15, -0.1) is 16.9 Å². The van der Waals surface area contributed by atoms with E-state index in [0.717, 1.165) is 21.1 Å². The standard InChI is InChI=1S/C17H14BrN5O2S/c18-12-7-5-11(6-8-12)17-23(16(25)10-26-17)20-15(24)9-22-14-4-2-1-3-13(14)19-21-22/h1-8,17H,9-10H2,(H,20,24). The molecule has 1 unspecified atom stereocenters. The van der Waals surface area contributed by atoms with E-state index < -0.39 is 0 Å². The van der Waals surface area contributed by atoms with Crippen molar-refractivity contribution in [3.05, 3.63) is 58.6 Å². The van der Waals surface area contributed by atoms with E-state index in [1.807, 2.05) is 48.5 Å². The van der Waals surface area contributed by atoms with Crippen LogP contribution in [0.25, 0.3) is 11.0 Å². The first-order valence-corrected chi connectivity index (χ1v) is 9.73. The highest BCUT2D eigenvalue weighted by molar-refractivity contribution is 9.10. The van der Waals surface area contributed by atoms with E-state index in [1.165, 1.54) is 21.5 Å². The topological polar surface area (TPSA) is 80.1 Å². The summed E-state index contributed by atoms with van der Waals surface area (Å²) in [6.07, 6.45) is 0. The Labute approximate surface area is 161 Å². The highest BCUT2D eigenvalue weighted by atomic mass is 79.9. The number of halogens is 1. The third kappa shape index (κ3) is 3.32. The molecule has 0 aliphatic carbocycles. The SMILES string of the molecule is O=C(Cn1nnc2ccccc21)NN1C(=O)CSC1c1ccc(Br)cc1. The van der Waals surface area contributed by atoms with Gasteiger partial charge < -0.3 is 0 Å². The molecule has 0 radical (unpaired) electrons. The van der Waals surface area contributed by atoms with E-state index in [-0.39, 0.29) is 23.7 Å². The minimum atomic E-state index is -0.321. The molecule has 1 N–H and O–H groups in total. The maximum Gasteiger partial charge on any atom is 0.260 e. The van der Waals surface area contributed by atoms with Gasteiger partial charge in [-0.1, -0.05) is 45.4 Å². The van der Waals surface area contributed by atoms with Crippen molar-refractivity contribution in [3.63, 3.8) is 0 Å². The number of para-hydroxylation sites is 1. The molecular formula is C17H14BrN5O2S. The predicted molar refractivity (Wildman–Crippen MR) is 102 cm³/mol. The molecule has 132 valence electrons. The first kappa shape index (κ1) is 17.0. The number of carbonyl (C=O) groups excluding carboxylic acids is 2. The molecule has 0 spiro atoms. The van der Waals surface area contributed by atoms with Crippen LogP contribution in [-0.2, 0) is 16.1 Å². The molecule has 1 aliphatic rings. The Bertz CT molecular complexity index is 975. The van der Waals surface area contributed by atoms with Crippen molar-refractivity contribution in [2.24, 2.45) is 0 Å². The van der Waals surface area contributed by atoms with Gasteiger partial charge in [0.15, 0.2) is 0 Å². The Kier molecular flexibility index (Phi) is 4.64. The van der Waals surface area contributed by atoms with Crippen LogP contribution in [0.2, 0.25) is 0 Å². The number of nitrogens with zero attached hydrogens (tertiary/aromatic N) is 4. The van der Waals surface area contributed by atoms with E-state index in [9.17, 15) is 9.59 Å². The van der Waals surface area contributed by atoms with Gasteiger partial charge in [-0.25, -0.2) is 9.69 Å². The van der Waals surface area contributed by atoms with Crippen LogP contribution in [0.3, 0.4) is 0 Å². The average Bonchev–Trinajstić information content (AvgIpc) is 3.21. The molecule has 3 aromatic rings. The molecule has 1 fully saturated rings. The van der Waals surface area contributed by atoms with Crippen molar-refractivity contribution >= 4 is 50.5 Å². The van der Waals surface area contributed by atoms with Gasteiger partial charge in [0.25, 0.3) is 11.8 Å². The van der Waals surface area contributed by atoms with Crippen LogP contribution in [0.15, 0.2) is 53.0 Å². The van der Waals surface area contributed by atoms with E-state index in [4.69, 9.17) is 0 Å². The summed E-state index contributed by atoms with van der Waals surface area (Å²) in [7, 11) is 0. The van der Waals surface area contributed by atoms with Gasteiger partial charge in [-0.3, -0.25) is 15.0 Å². The lowest BCUT2D eigenvalue weighted by molar-refractivity contribution is -0.139. The molecule has 2 amide bonds. The highest BCUT2D eigenvalue weighted by Gasteiger charge is 2.34. The first-order chi connectivity index (χ1) is 12.6. The molecule has 1 saturated heterocycles. The van der Waals surface area contributed by atoms with E-state index in [2.05, 4.69) is 31.7 Å². The Hall–Kier alpha value is -2.39. The summed E-state index contributed by atoms with van der Waals surface area (Å²) in [5, 5.41) is 9.20. The number of fused-ring (bicyclic) bond motifs is 1. The number of benzene rings is 2. The Morgan fingerprint density at radius 2 is 2.00 bits per heavy atom. The molecule has 0 saturated carbocycles. The molecule has 4 rings (SSSR count). The number of rotatable bonds is 4. The van der Waals surface area contributed by atoms with Gasteiger partial charge in [-0.2, -0.15) is 0 Å². The van der Waals surface area contributed by atoms with Gasteiger partial charge >= 0.3 is 0 Å². The van der Waals surface area contributed by atoms with Crippen LogP contribution >= 0.6 is 27.7 Å². The van der Waals surface area contributed by atoms with Crippen LogP contribution in [0, 0.1) is 0 Å². The van der Waals surface area contributed by atoms with E-state index in [0.29, 0.717) is 5.75 Å². The zero-order chi connectivity index (χ0) is 18.1. The molecule has 0 bridgehead atoms. The number of nitrogens with one attached hydrogen (secondary N) is 1. The monoisotopic (exact) mass is 431 g/mol. The molecule has 9 heteroatoms. The summed E-state index contributed by atoms with van der Waals surface area (Å²) >= 11 is 4.88. The average molecular weight is 432 g/mol. The normalized spacial score (nSPS) is 17.0. The van der Waals surface area contributed by atoms with Gasteiger partial charge in [-0.05, 0) is 29.8 Å². The molecular weight excluding hydrogens is 418 g/mol. The summed E-state index contributed by atoms with van der Waals surface area (Å²) in [5.41, 5.74) is 5.17. The second-order valence-electron chi connectivity index (χ2n) is 5.75. The molecule has 2 heterocycles. The zero-order valence-electron chi connectivity index (χ0n) is 13.5. The fraction of sp³-hybridized carbons (Fsp3) is 0.176. The lowest BCUT2D eigenvalue weighted by Gasteiger charge is -2.24. The number of amides is 2. The van der Waals surface area contributed by atoms with Crippen LogP contribution in [-0.4, -0.2) is 37.6 Å². The smallest absolute Gasteiger partial charge is 0.260 e. The summed E-state index contributed by atoms with van der Waals surface area (Å²) in [4.78, 5) is 24.7. The molecule has 2 aromatic carbocycles. The molecule has 26 heavy (non-hydrogen) atoms. The lowest BCUT2D eigenvalue weighted by Crippen LogP contribution is -2.45. The van der Waals surface area contributed by atoms with Crippen molar-refractivity contribution in [1.29, 1.82) is 0 Å². The van der Waals surface area contributed by atoms with Crippen LogP contribution in [0.1, 0.15) is 10.9 Å². The van der Waals surface area contributed by atoms with Crippen LogP contribution in [0.5, 0.6) is 0 Å². The Morgan fingerprint density at radius 1 is 1.23 bits per heavy atom. The number of thioether (sulfide) groups is 1. The fourth-order valence-corrected chi connectivity index (χ4v) is 4.13. The summed E-state index contributed by atoms with van der Waals surface area (Å²) < 4.78 is 2.48. The van der Waals surface area contributed by atoms with Gasteiger partial charge in [0.2, 0.25) is 0 Å². The third-order valence-corrected chi connectivity index (χ3v) is 5.72.